The Balaban J connectivity index is 1.99. The van der Waals surface area contributed by atoms with Gasteiger partial charge in [0.15, 0.2) is 0 Å². The normalized spacial score (nSPS) is 19.0. The summed E-state index contributed by atoms with van der Waals surface area (Å²) >= 11 is 9.15. The van der Waals surface area contributed by atoms with Gasteiger partial charge in [0.05, 0.1) is 10.1 Å². The molecule has 1 fully saturated rings. The van der Waals surface area contributed by atoms with E-state index in [4.69, 9.17) is 16.3 Å². The third-order valence-corrected chi connectivity index (χ3v) is 4.02. The molecule has 1 aliphatic heterocycles. The van der Waals surface area contributed by atoms with Crippen molar-refractivity contribution in [3.63, 3.8) is 0 Å². The molecule has 2 N–H and O–H groups in total. The first kappa shape index (κ1) is 13.0. The van der Waals surface area contributed by atoms with Gasteiger partial charge in [0, 0.05) is 32.6 Å². The van der Waals surface area contributed by atoms with Gasteiger partial charge in [0.2, 0.25) is 0 Å². The first-order valence-corrected chi connectivity index (χ1v) is 6.48. The van der Waals surface area contributed by atoms with E-state index in [1.54, 1.807) is 0 Å². The van der Waals surface area contributed by atoms with E-state index in [2.05, 4.69) is 31.2 Å². The van der Waals surface area contributed by atoms with E-state index in [1.165, 1.54) is 6.33 Å². The Morgan fingerprint density at radius 1 is 1.47 bits per heavy atom. The van der Waals surface area contributed by atoms with Gasteiger partial charge in [-0.2, -0.15) is 0 Å². The van der Waals surface area contributed by atoms with E-state index < -0.39 is 5.60 Å². The average molecular weight is 323 g/mol. The van der Waals surface area contributed by atoms with Crippen molar-refractivity contribution in [2.24, 2.45) is 0 Å². The standard InChI is InChI=1S/C10H13BrClN3O2/c11-7-8(12)14-6-15-9(7)13-5-10(16)1-3-17-4-2-10/h6,16H,1-5H2,(H,13,14,15). The molecule has 2 rings (SSSR count). The van der Waals surface area contributed by atoms with Crippen molar-refractivity contribution in [3.05, 3.63) is 16.0 Å². The van der Waals surface area contributed by atoms with Crippen molar-refractivity contribution in [1.82, 2.24) is 9.97 Å². The highest BCUT2D eigenvalue weighted by molar-refractivity contribution is 9.10. The fraction of sp³-hybridized carbons (Fsp3) is 0.600. The van der Waals surface area contributed by atoms with Crippen LogP contribution in [0.3, 0.4) is 0 Å². The predicted octanol–water partition coefficient (Wildman–Crippen LogP) is 1.85. The van der Waals surface area contributed by atoms with Crippen molar-refractivity contribution in [2.45, 2.75) is 18.4 Å². The number of anilines is 1. The van der Waals surface area contributed by atoms with Crippen LogP contribution >= 0.6 is 27.5 Å². The van der Waals surface area contributed by atoms with E-state index in [9.17, 15) is 5.11 Å². The molecule has 1 aromatic rings. The first-order chi connectivity index (χ1) is 8.11. The van der Waals surface area contributed by atoms with E-state index in [1.807, 2.05) is 0 Å². The maximum Gasteiger partial charge on any atom is 0.148 e. The molecule has 7 heteroatoms. The summed E-state index contributed by atoms with van der Waals surface area (Å²) in [5.74, 6) is 0.588. The summed E-state index contributed by atoms with van der Waals surface area (Å²) < 4.78 is 5.82. The Hall–Kier alpha value is -0.430. The molecule has 94 valence electrons. The largest absolute Gasteiger partial charge is 0.388 e. The van der Waals surface area contributed by atoms with Crippen molar-refractivity contribution >= 4 is 33.3 Å². The summed E-state index contributed by atoms with van der Waals surface area (Å²) in [5, 5.41) is 13.7. The number of ether oxygens (including phenoxy) is 1. The zero-order chi connectivity index (χ0) is 12.3. The minimum atomic E-state index is -0.741. The number of nitrogens with one attached hydrogen (secondary N) is 1. The van der Waals surface area contributed by atoms with Crippen LogP contribution in [0.5, 0.6) is 0 Å². The molecule has 0 spiro atoms. The van der Waals surface area contributed by atoms with Crippen LogP contribution in [0.15, 0.2) is 10.8 Å². The number of hydrogen-bond donors (Lipinski definition) is 2. The summed E-state index contributed by atoms with van der Waals surface area (Å²) in [6.07, 6.45) is 2.62. The lowest BCUT2D eigenvalue weighted by Gasteiger charge is -2.32. The molecule has 0 aliphatic carbocycles. The molecule has 0 bridgehead atoms. The quantitative estimate of drug-likeness (QED) is 0.831. The smallest absolute Gasteiger partial charge is 0.148 e. The Morgan fingerprint density at radius 3 is 2.88 bits per heavy atom. The molecule has 0 atom stereocenters. The zero-order valence-corrected chi connectivity index (χ0v) is 11.5. The van der Waals surface area contributed by atoms with Gasteiger partial charge in [0.1, 0.15) is 17.3 Å². The van der Waals surface area contributed by atoms with E-state index in [0.29, 0.717) is 48.0 Å². The van der Waals surface area contributed by atoms with Gasteiger partial charge in [-0.3, -0.25) is 0 Å². The van der Waals surface area contributed by atoms with Crippen LogP contribution in [0.1, 0.15) is 12.8 Å². The summed E-state index contributed by atoms with van der Waals surface area (Å²) in [4.78, 5) is 7.90. The van der Waals surface area contributed by atoms with Crippen molar-refractivity contribution < 1.29 is 9.84 Å². The molecule has 2 heterocycles. The molecule has 1 aromatic heterocycles. The molecule has 0 aromatic carbocycles. The molecular formula is C10H13BrClN3O2. The van der Waals surface area contributed by atoms with Crippen LogP contribution in [0.25, 0.3) is 0 Å². The lowest BCUT2D eigenvalue weighted by atomic mass is 9.94. The van der Waals surface area contributed by atoms with Gasteiger partial charge in [-0.1, -0.05) is 11.6 Å². The number of halogens is 2. The van der Waals surface area contributed by atoms with Gasteiger partial charge in [-0.05, 0) is 15.9 Å². The molecule has 0 radical (unpaired) electrons. The fourth-order valence-corrected chi connectivity index (χ4v) is 2.13. The number of hydrogen-bond acceptors (Lipinski definition) is 5. The topological polar surface area (TPSA) is 67.3 Å². The number of nitrogens with zero attached hydrogens (tertiary/aromatic N) is 2. The molecule has 17 heavy (non-hydrogen) atoms. The average Bonchev–Trinajstić information content (AvgIpc) is 2.32. The Kier molecular flexibility index (Phi) is 4.19. The van der Waals surface area contributed by atoms with E-state index >= 15 is 0 Å². The van der Waals surface area contributed by atoms with Gasteiger partial charge >= 0.3 is 0 Å². The lowest BCUT2D eigenvalue weighted by molar-refractivity contribution is -0.0543. The number of aromatic nitrogens is 2. The monoisotopic (exact) mass is 321 g/mol. The van der Waals surface area contributed by atoms with Crippen molar-refractivity contribution in [3.8, 4) is 0 Å². The summed E-state index contributed by atoms with van der Waals surface area (Å²) in [6, 6.07) is 0. The zero-order valence-electron chi connectivity index (χ0n) is 9.12. The third-order valence-electron chi connectivity index (χ3n) is 2.76. The fourth-order valence-electron chi connectivity index (χ4n) is 1.65. The molecule has 0 saturated carbocycles. The Labute approximate surface area is 113 Å². The molecule has 1 saturated heterocycles. The molecule has 1 aliphatic rings. The van der Waals surface area contributed by atoms with E-state index in [-0.39, 0.29) is 0 Å². The molecule has 0 amide bonds. The maximum atomic E-state index is 10.3. The van der Waals surface area contributed by atoms with Crippen LogP contribution in [0.2, 0.25) is 5.15 Å². The molecule has 0 unspecified atom stereocenters. The second kappa shape index (κ2) is 5.48. The second-order valence-electron chi connectivity index (χ2n) is 4.02. The highest BCUT2D eigenvalue weighted by atomic mass is 79.9. The summed E-state index contributed by atoms with van der Waals surface area (Å²) in [6.45, 7) is 1.59. The Morgan fingerprint density at radius 2 is 2.18 bits per heavy atom. The molecular weight excluding hydrogens is 309 g/mol. The van der Waals surface area contributed by atoms with Crippen LogP contribution in [0, 0.1) is 0 Å². The summed E-state index contributed by atoms with van der Waals surface area (Å²) in [7, 11) is 0. The van der Waals surface area contributed by atoms with Crippen LogP contribution < -0.4 is 5.32 Å². The summed E-state index contributed by atoms with van der Waals surface area (Å²) in [5.41, 5.74) is -0.741. The minimum Gasteiger partial charge on any atom is -0.388 e. The SMILES string of the molecule is OC1(CNc2ncnc(Cl)c2Br)CCOCC1. The Bertz CT molecular complexity index is 399. The van der Waals surface area contributed by atoms with Gasteiger partial charge in [0.25, 0.3) is 0 Å². The third kappa shape index (κ3) is 3.28. The van der Waals surface area contributed by atoms with Crippen LogP contribution in [-0.4, -0.2) is 40.4 Å². The molecule has 5 nitrogen and oxygen atoms in total. The van der Waals surface area contributed by atoms with Crippen molar-refractivity contribution in [2.75, 3.05) is 25.1 Å². The predicted molar refractivity (Wildman–Crippen MR) is 68.2 cm³/mol. The maximum absolute atomic E-state index is 10.3. The lowest BCUT2D eigenvalue weighted by Crippen LogP contribution is -2.42. The van der Waals surface area contributed by atoms with Gasteiger partial charge in [-0.25, -0.2) is 9.97 Å². The minimum absolute atomic E-state index is 0.349. The number of rotatable bonds is 3. The highest BCUT2D eigenvalue weighted by Gasteiger charge is 2.29. The van der Waals surface area contributed by atoms with Crippen LogP contribution in [0.4, 0.5) is 5.82 Å². The second-order valence-corrected chi connectivity index (χ2v) is 5.17. The van der Waals surface area contributed by atoms with E-state index in [0.717, 1.165) is 0 Å². The van der Waals surface area contributed by atoms with Gasteiger partial charge < -0.3 is 15.2 Å². The first-order valence-electron chi connectivity index (χ1n) is 5.31. The van der Waals surface area contributed by atoms with Crippen LogP contribution in [-0.2, 0) is 4.74 Å². The van der Waals surface area contributed by atoms with Crippen molar-refractivity contribution in [1.29, 1.82) is 0 Å². The van der Waals surface area contributed by atoms with Gasteiger partial charge in [-0.15, -0.1) is 0 Å². The number of aliphatic hydroxyl groups is 1. The highest BCUT2D eigenvalue weighted by Crippen LogP contribution is 2.27.